The van der Waals surface area contributed by atoms with Crippen molar-refractivity contribution in [1.82, 2.24) is 4.90 Å². The number of aliphatic hydroxyl groups is 1. The van der Waals surface area contributed by atoms with Gasteiger partial charge in [0, 0.05) is 17.5 Å². The lowest BCUT2D eigenvalue weighted by atomic mass is 10.0. The van der Waals surface area contributed by atoms with Crippen LogP contribution in [0, 0.1) is 6.92 Å². The summed E-state index contributed by atoms with van der Waals surface area (Å²) in [5.74, 6) is 0. The van der Waals surface area contributed by atoms with Crippen LogP contribution >= 0.6 is 11.3 Å². The molecular weight excluding hydrogens is 248 g/mol. The second kappa shape index (κ2) is 6.12. The zero-order chi connectivity index (χ0) is 13.1. The fourth-order valence-electron chi connectivity index (χ4n) is 2.57. The predicted octanol–water partition coefficient (Wildman–Crippen LogP) is 1.14. The van der Waals surface area contributed by atoms with Crippen LogP contribution in [0.4, 0.5) is 0 Å². The van der Waals surface area contributed by atoms with Gasteiger partial charge in [-0.15, -0.1) is 11.3 Å². The first-order chi connectivity index (χ1) is 8.65. The lowest BCUT2D eigenvalue weighted by molar-refractivity contribution is -0.0510. The van der Waals surface area contributed by atoms with E-state index in [4.69, 9.17) is 10.5 Å². The standard InChI is InChI=1S/C13H22N2O2S/c1-9-3-6-18-13(9)12(10(2)14)15-4-5-17-8-11(15)7-16/h3,6,10-12,16H,4-5,7-8,14H2,1-2H3. The van der Waals surface area contributed by atoms with Gasteiger partial charge in [-0.05, 0) is 30.9 Å². The molecule has 0 bridgehead atoms. The highest BCUT2D eigenvalue weighted by Crippen LogP contribution is 2.32. The molecule has 1 aliphatic rings. The summed E-state index contributed by atoms with van der Waals surface area (Å²) in [5.41, 5.74) is 7.47. The van der Waals surface area contributed by atoms with Crippen molar-refractivity contribution in [3.8, 4) is 0 Å². The Kier molecular flexibility index (Phi) is 4.75. The monoisotopic (exact) mass is 270 g/mol. The van der Waals surface area contributed by atoms with Crippen molar-refractivity contribution in [2.75, 3.05) is 26.4 Å². The molecule has 1 aromatic heterocycles. The molecule has 3 N–H and O–H groups in total. The Labute approximate surface area is 112 Å². The third-order valence-electron chi connectivity index (χ3n) is 3.51. The third kappa shape index (κ3) is 2.75. The Morgan fingerprint density at radius 3 is 3.00 bits per heavy atom. The molecule has 1 fully saturated rings. The van der Waals surface area contributed by atoms with Gasteiger partial charge in [0.25, 0.3) is 0 Å². The summed E-state index contributed by atoms with van der Waals surface area (Å²) in [6.45, 7) is 6.40. The van der Waals surface area contributed by atoms with Gasteiger partial charge in [0.1, 0.15) is 0 Å². The molecule has 0 aliphatic carbocycles. The van der Waals surface area contributed by atoms with Gasteiger partial charge < -0.3 is 15.6 Å². The molecule has 2 rings (SSSR count). The number of rotatable bonds is 4. The number of hydrogen-bond donors (Lipinski definition) is 2. The molecule has 0 aromatic carbocycles. The van der Waals surface area contributed by atoms with Gasteiger partial charge >= 0.3 is 0 Å². The maximum atomic E-state index is 9.50. The molecule has 5 heteroatoms. The first-order valence-electron chi connectivity index (χ1n) is 6.39. The van der Waals surface area contributed by atoms with E-state index >= 15 is 0 Å². The average molecular weight is 270 g/mol. The zero-order valence-electron chi connectivity index (χ0n) is 11.0. The van der Waals surface area contributed by atoms with Crippen LogP contribution in [0.5, 0.6) is 0 Å². The fourth-order valence-corrected chi connectivity index (χ4v) is 3.73. The van der Waals surface area contributed by atoms with Gasteiger partial charge in [0.05, 0.1) is 31.9 Å². The zero-order valence-corrected chi connectivity index (χ0v) is 11.8. The van der Waals surface area contributed by atoms with E-state index in [1.807, 2.05) is 6.92 Å². The molecule has 0 spiro atoms. The lowest BCUT2D eigenvalue weighted by Crippen LogP contribution is -2.52. The maximum Gasteiger partial charge on any atom is 0.0645 e. The SMILES string of the molecule is Cc1ccsc1C(C(C)N)N1CCOCC1CO. The Balaban J connectivity index is 2.27. The fraction of sp³-hybridized carbons (Fsp3) is 0.692. The molecule has 18 heavy (non-hydrogen) atoms. The number of aryl methyl sites for hydroxylation is 1. The number of ether oxygens (including phenoxy) is 1. The molecule has 102 valence electrons. The third-order valence-corrected chi connectivity index (χ3v) is 4.60. The number of aliphatic hydroxyl groups excluding tert-OH is 1. The van der Waals surface area contributed by atoms with E-state index < -0.39 is 0 Å². The van der Waals surface area contributed by atoms with E-state index in [0.29, 0.717) is 13.2 Å². The minimum atomic E-state index is 0.0366. The smallest absolute Gasteiger partial charge is 0.0645 e. The van der Waals surface area contributed by atoms with E-state index in [-0.39, 0.29) is 24.7 Å². The highest BCUT2D eigenvalue weighted by atomic mass is 32.1. The first-order valence-corrected chi connectivity index (χ1v) is 7.27. The molecule has 2 heterocycles. The normalized spacial score (nSPS) is 25.0. The van der Waals surface area contributed by atoms with Crippen molar-refractivity contribution in [3.05, 3.63) is 21.9 Å². The molecule has 4 nitrogen and oxygen atoms in total. The van der Waals surface area contributed by atoms with Gasteiger partial charge in [0.2, 0.25) is 0 Å². The van der Waals surface area contributed by atoms with Crippen LogP contribution in [-0.4, -0.2) is 48.5 Å². The molecule has 1 aliphatic heterocycles. The number of nitrogens with zero attached hydrogens (tertiary/aromatic N) is 1. The Morgan fingerprint density at radius 2 is 2.44 bits per heavy atom. The van der Waals surface area contributed by atoms with Crippen molar-refractivity contribution in [1.29, 1.82) is 0 Å². The van der Waals surface area contributed by atoms with E-state index in [1.54, 1.807) is 11.3 Å². The number of morpholine rings is 1. The number of hydrogen-bond acceptors (Lipinski definition) is 5. The van der Waals surface area contributed by atoms with E-state index in [2.05, 4.69) is 23.3 Å². The van der Waals surface area contributed by atoms with Crippen molar-refractivity contribution < 1.29 is 9.84 Å². The highest BCUT2D eigenvalue weighted by molar-refractivity contribution is 7.10. The Morgan fingerprint density at radius 1 is 1.67 bits per heavy atom. The van der Waals surface area contributed by atoms with Crippen LogP contribution in [0.2, 0.25) is 0 Å². The van der Waals surface area contributed by atoms with Gasteiger partial charge in [-0.2, -0.15) is 0 Å². The summed E-state index contributed by atoms with van der Waals surface area (Å²) in [6, 6.07) is 2.39. The largest absolute Gasteiger partial charge is 0.395 e. The topological polar surface area (TPSA) is 58.7 Å². The molecular formula is C13H22N2O2S. The van der Waals surface area contributed by atoms with Crippen LogP contribution in [0.3, 0.4) is 0 Å². The Bertz CT molecular complexity index is 381. The van der Waals surface area contributed by atoms with E-state index in [0.717, 1.165) is 6.54 Å². The van der Waals surface area contributed by atoms with Gasteiger partial charge in [-0.1, -0.05) is 0 Å². The van der Waals surface area contributed by atoms with Crippen molar-refractivity contribution in [3.63, 3.8) is 0 Å². The molecule has 3 unspecified atom stereocenters. The summed E-state index contributed by atoms with van der Waals surface area (Å²) in [6.07, 6.45) is 0. The molecule has 3 atom stereocenters. The highest BCUT2D eigenvalue weighted by Gasteiger charge is 2.33. The molecule has 0 amide bonds. The van der Waals surface area contributed by atoms with Crippen molar-refractivity contribution in [2.24, 2.45) is 5.73 Å². The second-order valence-electron chi connectivity index (χ2n) is 4.92. The van der Waals surface area contributed by atoms with Crippen LogP contribution in [0.25, 0.3) is 0 Å². The average Bonchev–Trinajstić information content (AvgIpc) is 2.76. The number of thiophene rings is 1. The number of nitrogens with two attached hydrogens (primary N) is 1. The predicted molar refractivity (Wildman–Crippen MR) is 73.8 cm³/mol. The lowest BCUT2D eigenvalue weighted by Gasteiger charge is -2.41. The summed E-state index contributed by atoms with van der Waals surface area (Å²) in [7, 11) is 0. The quantitative estimate of drug-likeness (QED) is 0.861. The van der Waals surface area contributed by atoms with E-state index in [1.165, 1.54) is 10.4 Å². The van der Waals surface area contributed by atoms with Crippen LogP contribution < -0.4 is 5.73 Å². The minimum Gasteiger partial charge on any atom is -0.395 e. The van der Waals surface area contributed by atoms with Gasteiger partial charge in [-0.3, -0.25) is 4.90 Å². The summed E-state index contributed by atoms with van der Waals surface area (Å²) < 4.78 is 5.44. The van der Waals surface area contributed by atoms with Crippen LogP contribution in [0.1, 0.15) is 23.4 Å². The van der Waals surface area contributed by atoms with Gasteiger partial charge in [-0.25, -0.2) is 0 Å². The Hall–Kier alpha value is -0.460. The van der Waals surface area contributed by atoms with Crippen LogP contribution in [-0.2, 0) is 4.74 Å². The molecule has 0 radical (unpaired) electrons. The summed E-state index contributed by atoms with van der Waals surface area (Å²) in [5, 5.41) is 11.6. The van der Waals surface area contributed by atoms with Gasteiger partial charge in [0.15, 0.2) is 0 Å². The van der Waals surface area contributed by atoms with E-state index in [9.17, 15) is 5.11 Å². The summed E-state index contributed by atoms with van der Waals surface area (Å²) >= 11 is 1.75. The molecule has 1 aromatic rings. The second-order valence-corrected chi connectivity index (χ2v) is 5.87. The molecule has 0 saturated carbocycles. The first kappa shape index (κ1) is 14.0. The van der Waals surface area contributed by atoms with Crippen LogP contribution in [0.15, 0.2) is 11.4 Å². The maximum absolute atomic E-state index is 9.50. The molecule has 1 saturated heterocycles. The summed E-state index contributed by atoms with van der Waals surface area (Å²) in [4.78, 5) is 3.61. The minimum absolute atomic E-state index is 0.0366. The van der Waals surface area contributed by atoms with Crippen molar-refractivity contribution in [2.45, 2.75) is 32.0 Å². The van der Waals surface area contributed by atoms with Crippen molar-refractivity contribution >= 4 is 11.3 Å².